The molecule has 172 valence electrons. The van der Waals surface area contributed by atoms with E-state index in [1.807, 2.05) is 6.07 Å². The Morgan fingerprint density at radius 2 is 1.97 bits per heavy atom. The number of nitrogens with one attached hydrogen (secondary N) is 1. The van der Waals surface area contributed by atoms with Gasteiger partial charge in [-0.05, 0) is 48.6 Å². The Hall–Kier alpha value is -2.75. The molecule has 2 amide bonds. The molecule has 1 saturated heterocycles. The van der Waals surface area contributed by atoms with Gasteiger partial charge in [0.1, 0.15) is 17.1 Å². The summed E-state index contributed by atoms with van der Waals surface area (Å²) in [5, 5.41) is 11.5. The molecule has 0 atom stereocenters. The monoisotopic (exact) mass is 526 g/mol. The third-order valence-corrected chi connectivity index (χ3v) is 6.78. The van der Waals surface area contributed by atoms with Crippen LogP contribution in [0.15, 0.2) is 40.3 Å². The maximum absolute atomic E-state index is 13.1. The molecule has 0 unspecified atom stereocenters. The number of nitrogens with zero attached hydrogens (tertiary/aromatic N) is 3. The van der Waals surface area contributed by atoms with Gasteiger partial charge in [0.25, 0.3) is 11.8 Å². The van der Waals surface area contributed by atoms with E-state index in [2.05, 4.69) is 5.32 Å². The number of amides is 2. The second-order valence-corrected chi connectivity index (χ2v) is 10.0. The zero-order chi connectivity index (χ0) is 24.3. The van der Waals surface area contributed by atoms with E-state index in [1.165, 1.54) is 36.4 Å². The standard InChI is InChI=1S/C20H16Cl2N4O5S2/c1-33(29,30)25(8-2-7-23)11-14-5-4-13(31-14)10-15-18(27)24-20(32)26(19(15)28)12-3-6-16(21)17(22)9-12/h3-6,9-10H,2,8,11H2,1H3,(H,24,27,32)/b15-10-. The largest absolute Gasteiger partial charge is 0.460 e. The average Bonchev–Trinajstić information content (AvgIpc) is 3.17. The highest BCUT2D eigenvalue weighted by atomic mass is 35.5. The van der Waals surface area contributed by atoms with Crippen LogP contribution in [-0.4, -0.2) is 42.5 Å². The molecule has 9 nitrogen and oxygen atoms in total. The van der Waals surface area contributed by atoms with Gasteiger partial charge in [-0.1, -0.05) is 23.2 Å². The number of thiocarbonyl (C=S) groups is 1. The first-order valence-corrected chi connectivity index (χ1v) is 12.3. The molecule has 0 saturated carbocycles. The van der Waals surface area contributed by atoms with Gasteiger partial charge < -0.3 is 4.42 Å². The average molecular weight is 527 g/mol. The van der Waals surface area contributed by atoms with Crippen molar-refractivity contribution in [2.24, 2.45) is 0 Å². The minimum absolute atomic E-state index is 0.00338. The highest BCUT2D eigenvalue weighted by Crippen LogP contribution is 2.29. The highest BCUT2D eigenvalue weighted by molar-refractivity contribution is 7.88. The number of carbonyl (C=O) groups is 2. The van der Waals surface area contributed by atoms with Crippen molar-refractivity contribution in [3.63, 3.8) is 0 Å². The van der Waals surface area contributed by atoms with Gasteiger partial charge in [0, 0.05) is 13.0 Å². The summed E-state index contributed by atoms with van der Waals surface area (Å²) in [6.45, 7) is -0.104. The van der Waals surface area contributed by atoms with Gasteiger partial charge >= 0.3 is 0 Å². The summed E-state index contributed by atoms with van der Waals surface area (Å²) in [5.41, 5.74) is 0.0618. The van der Waals surface area contributed by atoms with Gasteiger partial charge in [-0.15, -0.1) is 0 Å². The molecule has 1 fully saturated rings. The number of anilines is 1. The van der Waals surface area contributed by atoms with Crippen molar-refractivity contribution in [1.82, 2.24) is 9.62 Å². The van der Waals surface area contributed by atoms with Crippen LogP contribution in [0.5, 0.6) is 0 Å². The first-order chi connectivity index (χ1) is 15.5. The lowest BCUT2D eigenvalue weighted by molar-refractivity contribution is -0.122. The van der Waals surface area contributed by atoms with E-state index in [0.717, 1.165) is 15.5 Å². The normalized spacial score (nSPS) is 15.8. The van der Waals surface area contributed by atoms with E-state index in [0.29, 0.717) is 5.69 Å². The van der Waals surface area contributed by atoms with E-state index >= 15 is 0 Å². The number of hydrogen-bond acceptors (Lipinski definition) is 7. The zero-order valence-corrected chi connectivity index (χ0v) is 20.2. The Balaban J connectivity index is 1.88. The Kier molecular flexibility index (Phi) is 7.56. The Morgan fingerprint density at radius 1 is 1.24 bits per heavy atom. The second-order valence-electron chi connectivity index (χ2n) is 6.87. The molecule has 0 spiro atoms. The Morgan fingerprint density at radius 3 is 2.61 bits per heavy atom. The number of rotatable bonds is 7. The minimum atomic E-state index is -3.57. The molecule has 0 aliphatic carbocycles. The number of furan rings is 1. The molecule has 3 rings (SSSR count). The summed E-state index contributed by atoms with van der Waals surface area (Å²) < 4.78 is 30.6. The summed E-state index contributed by atoms with van der Waals surface area (Å²) in [5.74, 6) is -0.997. The maximum atomic E-state index is 13.1. The summed E-state index contributed by atoms with van der Waals surface area (Å²) in [6, 6.07) is 9.36. The molecule has 33 heavy (non-hydrogen) atoms. The SMILES string of the molecule is CS(=O)(=O)N(CCC#N)Cc1ccc(/C=C2/C(=O)NC(=S)N(c3ccc(Cl)c(Cl)c3)C2=O)o1. The fourth-order valence-corrected chi connectivity index (χ4v) is 4.28. The van der Waals surface area contributed by atoms with Crippen molar-refractivity contribution >= 4 is 74.1 Å². The third-order valence-electron chi connectivity index (χ3n) is 4.51. The van der Waals surface area contributed by atoms with E-state index in [9.17, 15) is 18.0 Å². The van der Waals surface area contributed by atoms with Crippen LogP contribution in [0.1, 0.15) is 17.9 Å². The summed E-state index contributed by atoms with van der Waals surface area (Å²) in [6.07, 6.45) is 2.28. The van der Waals surface area contributed by atoms with Gasteiger partial charge in [0.2, 0.25) is 10.0 Å². The van der Waals surface area contributed by atoms with Crippen LogP contribution in [-0.2, 0) is 26.2 Å². The summed E-state index contributed by atoms with van der Waals surface area (Å²) >= 11 is 17.1. The van der Waals surface area contributed by atoms with Crippen molar-refractivity contribution in [3.8, 4) is 6.07 Å². The number of hydrogen-bond donors (Lipinski definition) is 1. The minimum Gasteiger partial charge on any atom is -0.460 e. The summed E-state index contributed by atoms with van der Waals surface area (Å²) in [4.78, 5) is 26.6. The van der Waals surface area contributed by atoms with Crippen LogP contribution in [0.4, 0.5) is 5.69 Å². The van der Waals surface area contributed by atoms with Gasteiger partial charge in [-0.3, -0.25) is 19.8 Å². The van der Waals surface area contributed by atoms with E-state index in [-0.39, 0.29) is 51.8 Å². The highest BCUT2D eigenvalue weighted by Gasteiger charge is 2.35. The fourth-order valence-electron chi connectivity index (χ4n) is 2.93. The predicted octanol–water partition coefficient (Wildman–Crippen LogP) is 3.09. The number of nitriles is 1. The topological polar surface area (TPSA) is 124 Å². The lowest BCUT2D eigenvalue weighted by Gasteiger charge is -2.29. The van der Waals surface area contributed by atoms with Crippen molar-refractivity contribution in [2.75, 3.05) is 17.7 Å². The molecule has 1 aromatic heterocycles. The third kappa shape index (κ3) is 5.79. The number of carbonyl (C=O) groups excluding carboxylic acids is 2. The summed E-state index contributed by atoms with van der Waals surface area (Å²) in [7, 11) is -3.57. The van der Waals surface area contributed by atoms with Crippen LogP contribution in [0.3, 0.4) is 0 Å². The van der Waals surface area contributed by atoms with Crippen LogP contribution < -0.4 is 10.2 Å². The lowest BCUT2D eigenvalue weighted by atomic mass is 10.1. The van der Waals surface area contributed by atoms with Gasteiger partial charge in [0.05, 0.1) is 34.6 Å². The van der Waals surface area contributed by atoms with Crippen molar-refractivity contribution in [1.29, 1.82) is 5.26 Å². The number of sulfonamides is 1. The quantitative estimate of drug-likeness (QED) is 0.334. The smallest absolute Gasteiger partial charge is 0.270 e. The maximum Gasteiger partial charge on any atom is 0.270 e. The Labute approximate surface area is 205 Å². The first kappa shape index (κ1) is 24.9. The predicted molar refractivity (Wildman–Crippen MR) is 127 cm³/mol. The van der Waals surface area contributed by atoms with Crippen LogP contribution in [0.2, 0.25) is 10.0 Å². The van der Waals surface area contributed by atoms with Crippen molar-refractivity contribution < 1.29 is 22.4 Å². The number of benzene rings is 1. The van der Waals surface area contributed by atoms with Gasteiger partial charge in [-0.25, -0.2) is 8.42 Å². The van der Waals surface area contributed by atoms with Crippen LogP contribution >= 0.6 is 35.4 Å². The molecule has 1 aliphatic heterocycles. The van der Waals surface area contributed by atoms with Gasteiger partial charge in [-0.2, -0.15) is 9.57 Å². The van der Waals surface area contributed by atoms with Crippen molar-refractivity contribution in [3.05, 3.63) is 57.5 Å². The van der Waals surface area contributed by atoms with Crippen molar-refractivity contribution in [2.45, 2.75) is 13.0 Å². The molecule has 13 heteroatoms. The van der Waals surface area contributed by atoms with Gasteiger partial charge in [0.15, 0.2) is 5.11 Å². The first-order valence-electron chi connectivity index (χ1n) is 9.28. The Bertz CT molecular complexity index is 1310. The molecular formula is C20H16Cl2N4O5S2. The van der Waals surface area contributed by atoms with E-state index in [1.54, 1.807) is 0 Å². The van der Waals surface area contributed by atoms with E-state index in [4.69, 9.17) is 45.1 Å². The fraction of sp³-hybridized carbons (Fsp3) is 0.200. The lowest BCUT2D eigenvalue weighted by Crippen LogP contribution is -2.54. The van der Waals surface area contributed by atoms with Crippen LogP contribution in [0, 0.1) is 11.3 Å². The van der Waals surface area contributed by atoms with E-state index < -0.39 is 21.8 Å². The molecule has 1 aliphatic rings. The molecule has 2 heterocycles. The van der Waals surface area contributed by atoms with Crippen LogP contribution in [0.25, 0.3) is 6.08 Å². The molecule has 0 radical (unpaired) electrons. The second kappa shape index (κ2) is 10.0. The molecule has 1 aromatic carbocycles. The molecule has 0 bridgehead atoms. The molecule has 1 N–H and O–H groups in total. The number of halogens is 2. The zero-order valence-electron chi connectivity index (χ0n) is 17.0. The molecular weight excluding hydrogens is 511 g/mol. The molecule has 2 aromatic rings.